The first-order valence-corrected chi connectivity index (χ1v) is 5.33. The lowest BCUT2D eigenvalue weighted by atomic mass is 10.0. The fourth-order valence-electron chi connectivity index (χ4n) is 1.33. The van der Waals surface area contributed by atoms with Gasteiger partial charge in [0.2, 0.25) is 0 Å². The van der Waals surface area contributed by atoms with Crippen LogP contribution in [0.2, 0.25) is 0 Å². The van der Waals surface area contributed by atoms with Crippen molar-refractivity contribution in [2.24, 2.45) is 0 Å². The molecule has 15 heavy (non-hydrogen) atoms. The summed E-state index contributed by atoms with van der Waals surface area (Å²) in [7, 11) is 0. The van der Waals surface area contributed by atoms with Gasteiger partial charge in [0, 0.05) is 16.5 Å². The van der Waals surface area contributed by atoms with E-state index in [9.17, 15) is 4.79 Å². The molecule has 0 atom stereocenters. The van der Waals surface area contributed by atoms with E-state index in [1.165, 1.54) is 11.3 Å². The van der Waals surface area contributed by atoms with Crippen LogP contribution in [0.3, 0.4) is 0 Å². The number of nitriles is 1. The van der Waals surface area contributed by atoms with Gasteiger partial charge < -0.3 is 0 Å². The maximum absolute atomic E-state index is 11.9. The third-order valence-corrected chi connectivity index (χ3v) is 2.76. The third-order valence-electron chi connectivity index (χ3n) is 2.08. The Hall–Kier alpha value is -1.92. The van der Waals surface area contributed by atoms with Gasteiger partial charge in [0.1, 0.15) is 0 Å². The second kappa shape index (κ2) is 4.07. The molecule has 0 aliphatic heterocycles. The molecule has 0 amide bonds. The molecule has 0 unspecified atom stereocenters. The Bertz CT molecular complexity index is 523. The molecule has 0 aliphatic carbocycles. The van der Waals surface area contributed by atoms with E-state index < -0.39 is 0 Å². The summed E-state index contributed by atoms with van der Waals surface area (Å²) in [6, 6.07) is 10.6. The summed E-state index contributed by atoms with van der Waals surface area (Å²) in [5, 5.41) is 12.5. The minimum atomic E-state index is -0.0894. The highest BCUT2D eigenvalue weighted by Gasteiger charge is 2.12. The SMILES string of the molecule is N#Cc1ccccc1C(=O)c1ccsc1. The van der Waals surface area contributed by atoms with Crippen LogP contribution in [-0.2, 0) is 0 Å². The number of hydrogen-bond donors (Lipinski definition) is 0. The van der Waals surface area contributed by atoms with Gasteiger partial charge in [-0.1, -0.05) is 12.1 Å². The first-order valence-electron chi connectivity index (χ1n) is 4.39. The molecule has 0 radical (unpaired) electrons. The lowest BCUT2D eigenvalue weighted by Crippen LogP contribution is -2.02. The van der Waals surface area contributed by atoms with E-state index in [0.29, 0.717) is 16.7 Å². The van der Waals surface area contributed by atoms with Crippen molar-refractivity contribution in [2.75, 3.05) is 0 Å². The highest BCUT2D eigenvalue weighted by atomic mass is 32.1. The van der Waals surface area contributed by atoms with Gasteiger partial charge in [0.05, 0.1) is 11.6 Å². The quantitative estimate of drug-likeness (QED) is 0.720. The average molecular weight is 213 g/mol. The van der Waals surface area contributed by atoms with Crippen LogP contribution >= 0.6 is 11.3 Å². The number of nitrogens with zero attached hydrogens (tertiary/aromatic N) is 1. The van der Waals surface area contributed by atoms with Gasteiger partial charge in [0.15, 0.2) is 5.78 Å². The number of hydrogen-bond acceptors (Lipinski definition) is 3. The van der Waals surface area contributed by atoms with Crippen LogP contribution in [-0.4, -0.2) is 5.78 Å². The number of carbonyl (C=O) groups excluding carboxylic acids is 1. The van der Waals surface area contributed by atoms with Gasteiger partial charge >= 0.3 is 0 Å². The van der Waals surface area contributed by atoms with E-state index in [1.54, 1.807) is 35.7 Å². The summed E-state index contributed by atoms with van der Waals surface area (Å²) in [6.07, 6.45) is 0. The van der Waals surface area contributed by atoms with E-state index in [-0.39, 0.29) is 5.78 Å². The summed E-state index contributed by atoms with van der Waals surface area (Å²) < 4.78 is 0. The Labute approximate surface area is 91.4 Å². The Balaban J connectivity index is 2.47. The molecule has 0 spiro atoms. The molecular formula is C12H7NOS. The number of carbonyl (C=O) groups is 1. The molecule has 72 valence electrons. The van der Waals surface area contributed by atoms with Crippen molar-refractivity contribution in [3.63, 3.8) is 0 Å². The minimum Gasteiger partial charge on any atom is -0.289 e. The Morgan fingerprint density at radius 1 is 1.27 bits per heavy atom. The van der Waals surface area contributed by atoms with E-state index in [1.807, 2.05) is 11.4 Å². The number of rotatable bonds is 2. The third kappa shape index (κ3) is 1.80. The molecular weight excluding hydrogens is 206 g/mol. The summed E-state index contributed by atoms with van der Waals surface area (Å²) in [6.45, 7) is 0. The van der Waals surface area contributed by atoms with Gasteiger partial charge in [0.25, 0.3) is 0 Å². The predicted octanol–water partition coefficient (Wildman–Crippen LogP) is 2.85. The fraction of sp³-hybridized carbons (Fsp3) is 0. The fourth-order valence-corrected chi connectivity index (χ4v) is 1.96. The van der Waals surface area contributed by atoms with Crippen molar-refractivity contribution in [3.05, 3.63) is 57.8 Å². The maximum Gasteiger partial charge on any atom is 0.195 e. The van der Waals surface area contributed by atoms with Gasteiger partial charge in [-0.3, -0.25) is 4.79 Å². The lowest BCUT2D eigenvalue weighted by molar-refractivity contribution is 0.103. The largest absolute Gasteiger partial charge is 0.289 e. The van der Waals surface area contributed by atoms with Gasteiger partial charge in [-0.15, -0.1) is 0 Å². The Morgan fingerprint density at radius 2 is 2.07 bits per heavy atom. The minimum absolute atomic E-state index is 0.0894. The van der Waals surface area contributed by atoms with Crippen molar-refractivity contribution in [2.45, 2.75) is 0 Å². The van der Waals surface area contributed by atoms with Crippen molar-refractivity contribution >= 4 is 17.1 Å². The van der Waals surface area contributed by atoms with Gasteiger partial charge in [-0.2, -0.15) is 16.6 Å². The average Bonchev–Trinajstić information content (AvgIpc) is 2.81. The second-order valence-electron chi connectivity index (χ2n) is 3.00. The van der Waals surface area contributed by atoms with Crippen LogP contribution in [0.4, 0.5) is 0 Å². The van der Waals surface area contributed by atoms with Crippen LogP contribution < -0.4 is 0 Å². The van der Waals surface area contributed by atoms with Gasteiger partial charge in [-0.05, 0) is 23.6 Å². The van der Waals surface area contributed by atoms with Crippen LogP contribution in [0.1, 0.15) is 21.5 Å². The molecule has 1 aromatic heterocycles. The zero-order chi connectivity index (χ0) is 10.7. The van der Waals surface area contributed by atoms with Crippen molar-refractivity contribution in [3.8, 4) is 6.07 Å². The van der Waals surface area contributed by atoms with Crippen molar-refractivity contribution in [1.82, 2.24) is 0 Å². The highest BCUT2D eigenvalue weighted by Crippen LogP contribution is 2.15. The second-order valence-corrected chi connectivity index (χ2v) is 3.78. The molecule has 0 bridgehead atoms. The normalized spacial score (nSPS) is 9.53. The van der Waals surface area contributed by atoms with E-state index in [0.717, 1.165) is 0 Å². The zero-order valence-corrected chi connectivity index (χ0v) is 8.62. The number of ketones is 1. The maximum atomic E-state index is 11.9. The molecule has 0 aliphatic rings. The molecule has 0 N–H and O–H groups in total. The summed E-state index contributed by atoms with van der Waals surface area (Å²) >= 11 is 1.47. The van der Waals surface area contributed by atoms with Gasteiger partial charge in [-0.25, -0.2) is 0 Å². The number of benzene rings is 1. The molecule has 0 saturated carbocycles. The summed E-state index contributed by atoms with van der Waals surface area (Å²) in [4.78, 5) is 11.9. The van der Waals surface area contributed by atoms with E-state index >= 15 is 0 Å². The monoisotopic (exact) mass is 213 g/mol. The first-order chi connectivity index (χ1) is 7.33. The van der Waals surface area contributed by atoms with Crippen molar-refractivity contribution < 1.29 is 4.79 Å². The van der Waals surface area contributed by atoms with Crippen LogP contribution in [0.25, 0.3) is 0 Å². The van der Waals surface area contributed by atoms with Crippen LogP contribution in [0.5, 0.6) is 0 Å². The molecule has 2 aromatic rings. The molecule has 0 saturated heterocycles. The molecule has 2 rings (SSSR count). The van der Waals surface area contributed by atoms with E-state index in [4.69, 9.17) is 5.26 Å². The molecule has 1 heterocycles. The van der Waals surface area contributed by atoms with E-state index in [2.05, 4.69) is 0 Å². The summed E-state index contributed by atoms with van der Waals surface area (Å²) in [5.41, 5.74) is 1.54. The molecule has 1 aromatic carbocycles. The molecule has 3 heteroatoms. The topological polar surface area (TPSA) is 40.9 Å². The van der Waals surface area contributed by atoms with Crippen LogP contribution in [0.15, 0.2) is 41.1 Å². The highest BCUT2D eigenvalue weighted by molar-refractivity contribution is 7.08. The number of thiophene rings is 1. The predicted molar refractivity (Wildman–Crippen MR) is 58.9 cm³/mol. The smallest absolute Gasteiger partial charge is 0.195 e. The summed E-state index contributed by atoms with van der Waals surface area (Å²) in [5.74, 6) is -0.0894. The molecule has 2 nitrogen and oxygen atoms in total. The molecule has 0 fully saturated rings. The van der Waals surface area contributed by atoms with Crippen LogP contribution in [0, 0.1) is 11.3 Å². The zero-order valence-electron chi connectivity index (χ0n) is 7.81. The Morgan fingerprint density at radius 3 is 2.73 bits per heavy atom. The lowest BCUT2D eigenvalue weighted by Gasteiger charge is -1.99. The standard InChI is InChI=1S/C12H7NOS/c13-7-9-3-1-2-4-11(9)12(14)10-5-6-15-8-10/h1-6,8H. The van der Waals surface area contributed by atoms with Crippen molar-refractivity contribution in [1.29, 1.82) is 5.26 Å². The Kier molecular flexibility index (Phi) is 2.61. The first kappa shape index (κ1) is 9.63.